The molecule has 0 fully saturated rings. The lowest BCUT2D eigenvalue weighted by Gasteiger charge is -2.01. The van der Waals surface area contributed by atoms with E-state index in [4.69, 9.17) is 11.6 Å². The number of aryl methyl sites for hydroxylation is 1. The molecule has 0 bridgehead atoms. The summed E-state index contributed by atoms with van der Waals surface area (Å²) < 4.78 is 3.92. The van der Waals surface area contributed by atoms with Crippen molar-refractivity contribution in [2.24, 2.45) is 4.99 Å². The van der Waals surface area contributed by atoms with Gasteiger partial charge in [-0.2, -0.15) is 0 Å². The van der Waals surface area contributed by atoms with E-state index >= 15 is 0 Å². The van der Waals surface area contributed by atoms with E-state index < -0.39 is 0 Å². The summed E-state index contributed by atoms with van der Waals surface area (Å²) in [5.41, 5.74) is 4.35. The van der Waals surface area contributed by atoms with Crippen molar-refractivity contribution in [2.75, 3.05) is 0 Å². The van der Waals surface area contributed by atoms with Gasteiger partial charge in [-0.25, -0.2) is 0 Å². The van der Waals surface area contributed by atoms with Crippen molar-refractivity contribution in [3.63, 3.8) is 0 Å². The highest BCUT2D eigenvalue weighted by Crippen LogP contribution is 2.35. The third-order valence-electron chi connectivity index (χ3n) is 3.61. The van der Waals surface area contributed by atoms with Crippen molar-refractivity contribution in [1.29, 1.82) is 0 Å². The van der Waals surface area contributed by atoms with E-state index in [1.54, 1.807) is 18.4 Å². The first-order valence-electron chi connectivity index (χ1n) is 6.79. The number of rotatable bonds is 2. The Kier molecular flexibility index (Phi) is 3.24. The molecule has 3 aromatic rings. The van der Waals surface area contributed by atoms with Crippen LogP contribution in [0.4, 0.5) is 5.69 Å². The van der Waals surface area contributed by atoms with Crippen molar-refractivity contribution in [3.8, 4) is 10.6 Å². The highest BCUT2D eigenvalue weighted by Gasteiger charge is 2.18. The lowest BCUT2D eigenvalue weighted by atomic mass is 10.0. The first-order chi connectivity index (χ1) is 11.1. The van der Waals surface area contributed by atoms with E-state index in [1.807, 2.05) is 19.1 Å². The summed E-state index contributed by atoms with van der Waals surface area (Å²) in [5.74, 6) is 0. The first-order valence-corrected chi connectivity index (χ1v) is 7.94. The van der Waals surface area contributed by atoms with Crippen molar-refractivity contribution in [3.05, 3.63) is 50.4 Å². The fourth-order valence-corrected chi connectivity index (χ4v) is 3.32. The van der Waals surface area contributed by atoms with Gasteiger partial charge in [-0.3, -0.25) is 20.0 Å². The van der Waals surface area contributed by atoms with Gasteiger partial charge >= 0.3 is 0 Å². The van der Waals surface area contributed by atoms with Crippen LogP contribution in [0.3, 0.4) is 0 Å². The lowest BCUT2D eigenvalue weighted by molar-refractivity contribution is 1.05. The molecule has 4 rings (SSSR count). The normalized spacial score (nSPS) is 14.6. The molecule has 2 aromatic heterocycles. The number of allylic oxidation sites excluding steroid dienone is 1. The highest BCUT2D eigenvalue weighted by atomic mass is 35.5. The van der Waals surface area contributed by atoms with Gasteiger partial charge in [0.05, 0.1) is 27.5 Å². The Balaban J connectivity index is 1.88. The third kappa shape index (κ3) is 2.34. The van der Waals surface area contributed by atoms with Gasteiger partial charge in [-0.05, 0) is 42.7 Å². The summed E-state index contributed by atoms with van der Waals surface area (Å²) in [6.45, 7) is 1.85. The number of benzene rings is 1. The molecule has 23 heavy (non-hydrogen) atoms. The van der Waals surface area contributed by atoms with Crippen LogP contribution in [0.5, 0.6) is 0 Å². The number of H-pyrrole nitrogens is 2. The largest absolute Gasteiger partial charge is 0.296 e. The monoisotopic (exact) mass is 343 g/mol. The van der Waals surface area contributed by atoms with Gasteiger partial charge in [0.2, 0.25) is 0 Å². The SMILES string of the molecule is Cc1nnsc1-c1[nH][nH]c(=O)c1C=C1C=Nc2ccc(Cl)cc21. The van der Waals surface area contributed by atoms with E-state index in [9.17, 15) is 4.79 Å². The van der Waals surface area contributed by atoms with Gasteiger partial charge in [0.15, 0.2) is 0 Å². The summed E-state index contributed by atoms with van der Waals surface area (Å²) in [7, 11) is 0. The molecule has 1 aromatic carbocycles. The fourth-order valence-electron chi connectivity index (χ4n) is 2.48. The van der Waals surface area contributed by atoms with Crippen LogP contribution in [0.1, 0.15) is 16.8 Å². The van der Waals surface area contributed by atoms with Crippen molar-refractivity contribution < 1.29 is 0 Å². The Bertz CT molecular complexity index is 1030. The van der Waals surface area contributed by atoms with Crippen LogP contribution in [-0.4, -0.2) is 26.0 Å². The Labute approximate surface area is 139 Å². The standard InChI is InChI=1S/C15H10ClN5OS/c1-7-14(23-21-18-7)13-11(15(22)20-19-13)4-8-6-17-12-3-2-9(16)5-10(8)12/h2-6H,1H3,(H2,19,20,22). The number of nitrogens with zero attached hydrogens (tertiary/aromatic N) is 3. The molecule has 6 nitrogen and oxygen atoms in total. The Morgan fingerprint density at radius 3 is 2.96 bits per heavy atom. The lowest BCUT2D eigenvalue weighted by Crippen LogP contribution is -2.02. The molecule has 114 valence electrons. The predicted octanol–water partition coefficient (Wildman–Crippen LogP) is 3.44. The molecule has 0 unspecified atom stereocenters. The van der Waals surface area contributed by atoms with Crippen LogP contribution >= 0.6 is 23.1 Å². The Hall–Kier alpha value is -2.51. The minimum absolute atomic E-state index is 0.204. The molecule has 8 heteroatoms. The molecule has 1 aliphatic heterocycles. The summed E-state index contributed by atoms with van der Waals surface area (Å²) >= 11 is 7.30. The highest BCUT2D eigenvalue weighted by molar-refractivity contribution is 7.09. The summed E-state index contributed by atoms with van der Waals surface area (Å²) in [6, 6.07) is 5.49. The number of aromatic nitrogens is 4. The molecule has 0 aliphatic carbocycles. The minimum atomic E-state index is -0.204. The second-order valence-electron chi connectivity index (χ2n) is 5.07. The summed E-state index contributed by atoms with van der Waals surface area (Å²) in [4.78, 5) is 17.4. The van der Waals surface area contributed by atoms with Gasteiger partial charge in [-0.15, -0.1) is 5.10 Å². The fraction of sp³-hybridized carbons (Fsp3) is 0.0667. The number of fused-ring (bicyclic) bond motifs is 1. The molecular weight excluding hydrogens is 334 g/mol. The summed E-state index contributed by atoms with van der Waals surface area (Å²) in [5, 5.41) is 10.1. The Morgan fingerprint density at radius 1 is 1.30 bits per heavy atom. The number of hydrogen-bond acceptors (Lipinski definition) is 5. The van der Waals surface area contributed by atoms with E-state index in [2.05, 4.69) is 24.8 Å². The van der Waals surface area contributed by atoms with Gasteiger partial charge in [0.1, 0.15) is 0 Å². The molecule has 1 aliphatic rings. The van der Waals surface area contributed by atoms with E-state index in [1.165, 1.54) is 11.5 Å². The average Bonchev–Trinajstić information content (AvgIpc) is 3.21. The third-order valence-corrected chi connectivity index (χ3v) is 4.69. The quantitative estimate of drug-likeness (QED) is 0.747. The van der Waals surface area contributed by atoms with Gasteiger partial charge in [-0.1, -0.05) is 16.1 Å². The zero-order valence-corrected chi connectivity index (χ0v) is 13.5. The molecule has 0 saturated carbocycles. The predicted molar refractivity (Wildman–Crippen MR) is 92.5 cm³/mol. The topological polar surface area (TPSA) is 86.8 Å². The van der Waals surface area contributed by atoms with Crippen molar-refractivity contribution in [1.82, 2.24) is 19.8 Å². The van der Waals surface area contributed by atoms with E-state index in [-0.39, 0.29) is 5.56 Å². The van der Waals surface area contributed by atoms with Crippen LogP contribution < -0.4 is 5.56 Å². The maximum Gasteiger partial charge on any atom is 0.271 e. The Morgan fingerprint density at radius 2 is 2.17 bits per heavy atom. The molecule has 3 heterocycles. The molecule has 0 atom stereocenters. The van der Waals surface area contributed by atoms with Crippen molar-refractivity contribution in [2.45, 2.75) is 6.92 Å². The van der Waals surface area contributed by atoms with Crippen LogP contribution in [-0.2, 0) is 0 Å². The second kappa shape index (κ2) is 5.29. The molecule has 0 radical (unpaired) electrons. The van der Waals surface area contributed by atoms with E-state index in [0.717, 1.165) is 27.4 Å². The maximum absolute atomic E-state index is 12.2. The molecular formula is C15H10ClN5OS. The maximum atomic E-state index is 12.2. The first kappa shape index (κ1) is 14.1. The zero-order chi connectivity index (χ0) is 16.0. The zero-order valence-electron chi connectivity index (χ0n) is 11.9. The van der Waals surface area contributed by atoms with Gasteiger partial charge in [0.25, 0.3) is 5.56 Å². The van der Waals surface area contributed by atoms with Crippen molar-refractivity contribution >= 4 is 46.7 Å². The number of hydrogen-bond donors (Lipinski definition) is 2. The second-order valence-corrected chi connectivity index (χ2v) is 6.27. The number of aromatic amines is 2. The van der Waals surface area contributed by atoms with Gasteiger partial charge in [0, 0.05) is 22.4 Å². The van der Waals surface area contributed by atoms with Crippen LogP contribution in [0.25, 0.3) is 22.2 Å². The number of aliphatic imine (C=N–C) groups is 1. The van der Waals surface area contributed by atoms with E-state index in [0.29, 0.717) is 16.3 Å². The number of nitrogens with one attached hydrogen (secondary N) is 2. The van der Waals surface area contributed by atoms with Crippen LogP contribution in [0.15, 0.2) is 28.0 Å². The smallest absolute Gasteiger partial charge is 0.271 e. The molecule has 0 amide bonds. The average molecular weight is 344 g/mol. The minimum Gasteiger partial charge on any atom is -0.296 e. The van der Waals surface area contributed by atoms with Gasteiger partial charge < -0.3 is 0 Å². The molecule has 0 spiro atoms. The molecule has 0 saturated heterocycles. The van der Waals surface area contributed by atoms with Crippen LogP contribution in [0, 0.1) is 6.92 Å². The summed E-state index contributed by atoms with van der Waals surface area (Å²) in [6.07, 6.45) is 3.53. The molecule has 2 N–H and O–H groups in total. The van der Waals surface area contributed by atoms with Crippen LogP contribution in [0.2, 0.25) is 5.02 Å². The number of halogens is 1.